The van der Waals surface area contributed by atoms with Crippen molar-refractivity contribution in [3.8, 4) is 5.75 Å². The molecule has 1 heterocycles. The summed E-state index contributed by atoms with van der Waals surface area (Å²) in [5.74, 6) is 0.555. The normalized spacial score (nSPS) is 23.0. The maximum atomic E-state index is 14.4. The van der Waals surface area contributed by atoms with Crippen LogP contribution < -0.4 is 15.6 Å². The lowest BCUT2D eigenvalue weighted by atomic mass is 9.81. The summed E-state index contributed by atoms with van der Waals surface area (Å²) in [4.78, 5) is 22.4. The minimum absolute atomic E-state index is 0.0131. The second kappa shape index (κ2) is 14.2. The fourth-order valence-corrected chi connectivity index (χ4v) is 5.50. The van der Waals surface area contributed by atoms with E-state index in [1.165, 1.54) is 0 Å². The standard InChI is InChI=1S/C32H36N6O5/c33-38-36-28-10-5-4-9-24(28)21-32(31(41)37-35-25-13-15-26(40)16-14-25)29(22-7-2-1-3-8-22)43-30(34-32)23-11-17-27(18-12-23)42-20-6-19-39/h1-5,7-12,17-18,25-26,29,35,39-40H,6,13-16,19-21H2,(H,37,41)/t25?,26?,29-,32-/m0/s1. The molecule has 0 unspecified atom stereocenters. The predicted octanol–water partition coefficient (Wildman–Crippen LogP) is 4.81. The average Bonchev–Trinajstić information content (AvgIpc) is 3.43. The first-order chi connectivity index (χ1) is 21.0. The SMILES string of the molecule is [N-]=[N+]=Nc1ccccc1C[C@]1(C(=O)NNC2CCC(O)CC2)N=C(c2ccc(OCCCO)cc2)O[C@H]1c1ccccc1. The number of amides is 1. The number of aliphatic hydroxyl groups is 2. The highest BCUT2D eigenvalue weighted by atomic mass is 16.5. The Morgan fingerprint density at radius 1 is 1.05 bits per heavy atom. The largest absolute Gasteiger partial charge is 0.494 e. The van der Waals surface area contributed by atoms with Crippen LogP contribution in [0.4, 0.5) is 5.69 Å². The van der Waals surface area contributed by atoms with Crippen molar-refractivity contribution in [2.24, 2.45) is 10.1 Å². The van der Waals surface area contributed by atoms with Crippen molar-refractivity contribution in [3.05, 3.63) is 106 Å². The molecular weight excluding hydrogens is 548 g/mol. The fraction of sp³-hybridized carbons (Fsp3) is 0.375. The Bertz CT molecular complexity index is 1450. The first-order valence-corrected chi connectivity index (χ1v) is 14.5. The molecule has 1 aliphatic carbocycles. The van der Waals surface area contributed by atoms with Crippen molar-refractivity contribution in [2.75, 3.05) is 13.2 Å². The number of carbonyl (C=O) groups is 1. The summed E-state index contributed by atoms with van der Waals surface area (Å²) in [5.41, 5.74) is 16.4. The molecule has 0 aromatic heterocycles. The summed E-state index contributed by atoms with van der Waals surface area (Å²) < 4.78 is 12.2. The van der Waals surface area contributed by atoms with E-state index in [2.05, 4.69) is 20.9 Å². The van der Waals surface area contributed by atoms with Gasteiger partial charge in [0.05, 0.1) is 12.7 Å². The lowest BCUT2D eigenvalue weighted by Gasteiger charge is -2.33. The number of aliphatic imine (C=N–C) groups is 1. The van der Waals surface area contributed by atoms with Gasteiger partial charge in [-0.1, -0.05) is 59.7 Å². The van der Waals surface area contributed by atoms with E-state index in [-0.39, 0.29) is 31.1 Å². The number of azide groups is 1. The Kier molecular flexibility index (Phi) is 9.91. The van der Waals surface area contributed by atoms with Crippen LogP contribution in [0.1, 0.15) is 54.9 Å². The van der Waals surface area contributed by atoms with Gasteiger partial charge in [-0.25, -0.2) is 10.4 Å². The Balaban J connectivity index is 1.53. The van der Waals surface area contributed by atoms with Gasteiger partial charge < -0.3 is 19.7 Å². The van der Waals surface area contributed by atoms with Crippen LogP contribution >= 0.6 is 0 Å². The summed E-state index contributed by atoms with van der Waals surface area (Å²) >= 11 is 0. The van der Waals surface area contributed by atoms with E-state index in [1.807, 2.05) is 54.6 Å². The number of aliphatic hydroxyl groups excluding tert-OH is 2. The molecule has 0 spiro atoms. The zero-order valence-corrected chi connectivity index (χ0v) is 23.8. The van der Waals surface area contributed by atoms with Gasteiger partial charge in [0.1, 0.15) is 5.75 Å². The maximum absolute atomic E-state index is 14.4. The lowest BCUT2D eigenvalue weighted by Crippen LogP contribution is -2.56. The molecule has 11 nitrogen and oxygen atoms in total. The van der Waals surface area contributed by atoms with Crippen molar-refractivity contribution in [2.45, 2.75) is 62.3 Å². The van der Waals surface area contributed by atoms with E-state index in [9.17, 15) is 15.4 Å². The van der Waals surface area contributed by atoms with E-state index in [4.69, 9.17) is 19.6 Å². The molecule has 1 fully saturated rings. The Labute approximate surface area is 250 Å². The highest BCUT2D eigenvalue weighted by Gasteiger charge is 2.53. The maximum Gasteiger partial charge on any atom is 0.266 e. The van der Waals surface area contributed by atoms with Gasteiger partial charge >= 0.3 is 0 Å². The van der Waals surface area contributed by atoms with Crippen LogP contribution in [0.25, 0.3) is 10.4 Å². The molecule has 2 aliphatic rings. The molecule has 1 saturated carbocycles. The van der Waals surface area contributed by atoms with Crippen molar-refractivity contribution >= 4 is 17.5 Å². The number of benzene rings is 3. The molecule has 3 aromatic carbocycles. The average molecular weight is 585 g/mol. The van der Waals surface area contributed by atoms with Crippen LogP contribution in [0, 0.1) is 0 Å². The fourth-order valence-electron chi connectivity index (χ4n) is 5.50. The van der Waals surface area contributed by atoms with E-state index in [0.29, 0.717) is 54.3 Å². The second-order valence-electron chi connectivity index (χ2n) is 10.8. The highest BCUT2D eigenvalue weighted by Crippen LogP contribution is 2.43. The second-order valence-corrected chi connectivity index (χ2v) is 10.8. The molecule has 5 rings (SSSR count). The molecular formula is C32H36N6O5. The third kappa shape index (κ3) is 7.15. The van der Waals surface area contributed by atoms with Gasteiger partial charge in [-0.3, -0.25) is 10.2 Å². The van der Waals surface area contributed by atoms with Crippen molar-refractivity contribution in [1.29, 1.82) is 0 Å². The molecule has 43 heavy (non-hydrogen) atoms. The number of hydrogen-bond acceptors (Lipinski definition) is 8. The van der Waals surface area contributed by atoms with E-state index >= 15 is 0 Å². The summed E-state index contributed by atoms with van der Waals surface area (Å²) in [6.45, 7) is 0.443. The van der Waals surface area contributed by atoms with Crippen molar-refractivity contribution in [3.63, 3.8) is 0 Å². The zero-order valence-electron chi connectivity index (χ0n) is 23.8. The number of nitrogens with one attached hydrogen (secondary N) is 2. The monoisotopic (exact) mass is 584 g/mol. The van der Waals surface area contributed by atoms with Gasteiger partial charge in [0.15, 0.2) is 11.6 Å². The summed E-state index contributed by atoms with van der Waals surface area (Å²) in [7, 11) is 0. The Hall–Kier alpha value is -4.41. The topological polar surface area (TPSA) is 161 Å². The van der Waals surface area contributed by atoms with Crippen LogP contribution in [0.2, 0.25) is 0 Å². The summed E-state index contributed by atoms with van der Waals surface area (Å²) in [6, 6.07) is 23.9. The van der Waals surface area contributed by atoms with Crippen LogP contribution in [0.5, 0.6) is 5.75 Å². The third-order valence-corrected chi connectivity index (χ3v) is 7.82. The Morgan fingerprint density at radius 3 is 2.49 bits per heavy atom. The molecule has 224 valence electrons. The molecule has 3 aromatic rings. The van der Waals surface area contributed by atoms with Gasteiger partial charge in [0.2, 0.25) is 5.90 Å². The third-order valence-electron chi connectivity index (χ3n) is 7.82. The molecule has 0 bridgehead atoms. The van der Waals surface area contributed by atoms with Crippen LogP contribution in [-0.4, -0.2) is 52.9 Å². The minimum Gasteiger partial charge on any atom is -0.494 e. The molecule has 4 N–H and O–H groups in total. The van der Waals surface area contributed by atoms with Gasteiger partial charge in [-0.2, -0.15) is 0 Å². The quantitative estimate of drug-likeness (QED) is 0.0785. The molecule has 1 aliphatic heterocycles. The summed E-state index contributed by atoms with van der Waals surface area (Å²) in [5, 5.41) is 22.8. The van der Waals surface area contributed by atoms with E-state index < -0.39 is 11.6 Å². The zero-order chi connectivity index (χ0) is 30.1. The number of hydrazine groups is 1. The van der Waals surface area contributed by atoms with Crippen LogP contribution in [-0.2, 0) is 16.0 Å². The van der Waals surface area contributed by atoms with Gasteiger partial charge in [-0.05, 0) is 66.6 Å². The van der Waals surface area contributed by atoms with Crippen LogP contribution in [0.15, 0.2) is 89.0 Å². The number of nitrogens with zero attached hydrogens (tertiary/aromatic N) is 4. The van der Waals surface area contributed by atoms with Gasteiger partial charge in [-0.15, -0.1) is 0 Å². The van der Waals surface area contributed by atoms with Crippen LogP contribution in [0.3, 0.4) is 0 Å². The molecule has 0 radical (unpaired) electrons. The van der Waals surface area contributed by atoms with E-state index in [0.717, 1.165) is 18.4 Å². The number of ether oxygens (including phenoxy) is 2. The summed E-state index contributed by atoms with van der Waals surface area (Å²) in [6.07, 6.45) is 2.30. The lowest BCUT2D eigenvalue weighted by molar-refractivity contribution is -0.130. The highest BCUT2D eigenvalue weighted by molar-refractivity contribution is 6.01. The first kappa shape index (κ1) is 30.1. The number of hydrogen-bond donors (Lipinski definition) is 4. The molecule has 0 saturated heterocycles. The molecule has 2 atom stereocenters. The minimum atomic E-state index is -1.46. The number of rotatable bonds is 12. The molecule has 1 amide bonds. The first-order valence-electron chi connectivity index (χ1n) is 14.5. The smallest absolute Gasteiger partial charge is 0.266 e. The molecule has 11 heteroatoms. The predicted molar refractivity (Wildman–Crippen MR) is 162 cm³/mol. The van der Waals surface area contributed by atoms with Crippen molar-refractivity contribution in [1.82, 2.24) is 10.9 Å². The van der Waals surface area contributed by atoms with Gasteiger partial charge in [0, 0.05) is 41.7 Å². The van der Waals surface area contributed by atoms with Gasteiger partial charge in [0.25, 0.3) is 5.91 Å². The van der Waals surface area contributed by atoms with E-state index in [1.54, 1.807) is 24.3 Å². The van der Waals surface area contributed by atoms with Crippen molar-refractivity contribution < 1.29 is 24.5 Å². The Morgan fingerprint density at radius 2 is 1.77 bits per heavy atom. The number of carbonyl (C=O) groups excluding carboxylic acids is 1.